The summed E-state index contributed by atoms with van der Waals surface area (Å²) in [6.45, 7) is 5.76. The quantitative estimate of drug-likeness (QED) is 0.448. The predicted molar refractivity (Wildman–Crippen MR) is 46.9 cm³/mol. The molecule has 0 aromatic carbocycles. The Bertz CT molecular complexity index is 122. The molecule has 0 fully saturated rings. The van der Waals surface area contributed by atoms with Gasteiger partial charge in [-0.2, -0.15) is 0 Å². The summed E-state index contributed by atoms with van der Waals surface area (Å²) in [6, 6.07) is 0. The molecule has 0 aliphatic carbocycles. The fraction of sp³-hybridized carbons (Fsp3) is 1.00. The van der Waals surface area contributed by atoms with E-state index in [0.717, 1.165) is 0 Å². The van der Waals surface area contributed by atoms with Gasteiger partial charge in [-0.05, 0) is 20.8 Å². The zero-order valence-corrected chi connectivity index (χ0v) is 7.91. The van der Waals surface area contributed by atoms with Gasteiger partial charge in [0.05, 0.1) is 12.7 Å². The largest absolute Gasteiger partial charge is 0.394 e. The van der Waals surface area contributed by atoms with E-state index in [1.807, 2.05) is 20.8 Å². The summed E-state index contributed by atoms with van der Waals surface area (Å²) in [4.78, 5) is 0. The molecule has 0 rings (SSSR count). The third-order valence-corrected chi connectivity index (χ3v) is 1.47. The van der Waals surface area contributed by atoms with Crippen molar-refractivity contribution in [3.05, 3.63) is 0 Å². The van der Waals surface area contributed by atoms with Gasteiger partial charge in [0.1, 0.15) is 6.10 Å². The first kappa shape index (κ1) is 11.8. The number of hydrogen-bond donors (Lipinski definition) is 4. The van der Waals surface area contributed by atoms with Gasteiger partial charge in [-0.1, -0.05) is 0 Å². The van der Waals surface area contributed by atoms with Crippen molar-refractivity contribution in [3.8, 4) is 0 Å². The molecule has 0 aliphatic rings. The third kappa shape index (κ3) is 5.49. The Balaban J connectivity index is 3.64. The lowest BCUT2D eigenvalue weighted by atomic mass is 10.1. The zero-order valence-electron chi connectivity index (χ0n) is 7.91. The van der Waals surface area contributed by atoms with Crippen LogP contribution in [0.1, 0.15) is 20.8 Å². The molecule has 4 heteroatoms. The summed E-state index contributed by atoms with van der Waals surface area (Å²) >= 11 is 0. The molecule has 12 heavy (non-hydrogen) atoms. The van der Waals surface area contributed by atoms with E-state index in [-0.39, 0.29) is 12.1 Å². The van der Waals surface area contributed by atoms with Crippen LogP contribution in [0.3, 0.4) is 0 Å². The van der Waals surface area contributed by atoms with Crippen molar-refractivity contribution in [2.75, 3.05) is 13.2 Å². The Morgan fingerprint density at radius 3 is 2.00 bits per heavy atom. The standard InChI is InChI=1S/C8H19NO3/c1-8(2,3)9-4-6(11)7(12)5-10/h6-7,9-12H,4-5H2,1-3H3. The molecule has 0 bridgehead atoms. The first-order valence-corrected chi connectivity index (χ1v) is 4.09. The maximum atomic E-state index is 9.21. The lowest BCUT2D eigenvalue weighted by Gasteiger charge is -2.24. The van der Waals surface area contributed by atoms with Crippen molar-refractivity contribution in [3.63, 3.8) is 0 Å². The number of aliphatic hydroxyl groups excluding tert-OH is 3. The molecule has 0 radical (unpaired) electrons. The molecule has 2 atom stereocenters. The molecule has 0 aromatic rings. The average molecular weight is 177 g/mol. The zero-order chi connectivity index (χ0) is 9.78. The van der Waals surface area contributed by atoms with Crippen LogP contribution in [0.2, 0.25) is 0 Å². The van der Waals surface area contributed by atoms with E-state index >= 15 is 0 Å². The van der Waals surface area contributed by atoms with Crippen molar-refractivity contribution in [2.45, 2.75) is 38.5 Å². The maximum Gasteiger partial charge on any atom is 0.104 e. The van der Waals surface area contributed by atoms with Crippen LogP contribution in [0.4, 0.5) is 0 Å². The van der Waals surface area contributed by atoms with Gasteiger partial charge < -0.3 is 20.6 Å². The van der Waals surface area contributed by atoms with Crippen molar-refractivity contribution in [1.29, 1.82) is 0 Å². The van der Waals surface area contributed by atoms with Crippen molar-refractivity contribution in [1.82, 2.24) is 5.32 Å². The molecule has 0 spiro atoms. The molecule has 74 valence electrons. The fourth-order valence-electron chi connectivity index (χ4n) is 0.668. The highest BCUT2D eigenvalue weighted by Gasteiger charge is 2.17. The molecule has 0 amide bonds. The van der Waals surface area contributed by atoms with Crippen LogP contribution < -0.4 is 5.32 Å². The van der Waals surface area contributed by atoms with Gasteiger partial charge >= 0.3 is 0 Å². The highest BCUT2D eigenvalue weighted by molar-refractivity contribution is 4.75. The monoisotopic (exact) mass is 177 g/mol. The maximum absolute atomic E-state index is 9.21. The molecule has 0 saturated heterocycles. The van der Waals surface area contributed by atoms with E-state index in [1.165, 1.54) is 0 Å². The molecule has 0 aromatic heterocycles. The average Bonchev–Trinajstić information content (AvgIpc) is 1.97. The van der Waals surface area contributed by atoms with Crippen LogP contribution in [-0.4, -0.2) is 46.2 Å². The lowest BCUT2D eigenvalue weighted by molar-refractivity contribution is -0.0151. The van der Waals surface area contributed by atoms with E-state index in [1.54, 1.807) is 0 Å². The number of aliphatic hydroxyl groups is 3. The number of rotatable bonds is 4. The normalized spacial score (nSPS) is 17.5. The Morgan fingerprint density at radius 2 is 1.67 bits per heavy atom. The molecule has 0 saturated carbocycles. The highest BCUT2D eigenvalue weighted by Crippen LogP contribution is 1.99. The predicted octanol–water partition coefficient (Wildman–Crippen LogP) is -0.911. The summed E-state index contributed by atoms with van der Waals surface area (Å²) < 4.78 is 0. The van der Waals surface area contributed by atoms with E-state index in [0.29, 0.717) is 0 Å². The van der Waals surface area contributed by atoms with Crippen LogP contribution in [-0.2, 0) is 0 Å². The van der Waals surface area contributed by atoms with Gasteiger partial charge in [0.15, 0.2) is 0 Å². The molecule has 4 N–H and O–H groups in total. The van der Waals surface area contributed by atoms with E-state index in [4.69, 9.17) is 10.2 Å². The van der Waals surface area contributed by atoms with E-state index in [2.05, 4.69) is 5.32 Å². The lowest BCUT2D eigenvalue weighted by Crippen LogP contribution is -2.45. The molecular weight excluding hydrogens is 158 g/mol. The molecule has 4 nitrogen and oxygen atoms in total. The Morgan fingerprint density at radius 1 is 1.17 bits per heavy atom. The minimum atomic E-state index is -1.06. The second-order valence-electron chi connectivity index (χ2n) is 3.95. The Labute approximate surface area is 73.2 Å². The minimum Gasteiger partial charge on any atom is -0.394 e. The minimum absolute atomic E-state index is 0.0871. The van der Waals surface area contributed by atoms with Gasteiger partial charge in [0.2, 0.25) is 0 Å². The van der Waals surface area contributed by atoms with Gasteiger partial charge in [-0.15, -0.1) is 0 Å². The molecule has 0 heterocycles. The number of hydrogen-bond acceptors (Lipinski definition) is 4. The second-order valence-corrected chi connectivity index (χ2v) is 3.95. The molecule has 0 aliphatic heterocycles. The van der Waals surface area contributed by atoms with Gasteiger partial charge in [-0.3, -0.25) is 0 Å². The van der Waals surface area contributed by atoms with Crippen LogP contribution in [0.15, 0.2) is 0 Å². The first-order chi connectivity index (χ1) is 5.37. The smallest absolute Gasteiger partial charge is 0.104 e. The number of β-amino-alcohol motifs (C(OH)–C–C–N with tert-alkyl or cyclic N) is 1. The van der Waals surface area contributed by atoms with Crippen LogP contribution >= 0.6 is 0 Å². The first-order valence-electron chi connectivity index (χ1n) is 4.09. The number of nitrogens with one attached hydrogen (secondary N) is 1. The third-order valence-electron chi connectivity index (χ3n) is 1.47. The van der Waals surface area contributed by atoms with E-state index < -0.39 is 18.8 Å². The summed E-state index contributed by atoms with van der Waals surface area (Å²) in [5.74, 6) is 0. The molecule has 2 unspecified atom stereocenters. The fourth-order valence-corrected chi connectivity index (χ4v) is 0.668. The summed E-state index contributed by atoms with van der Waals surface area (Å²) in [6.07, 6.45) is -1.96. The summed E-state index contributed by atoms with van der Waals surface area (Å²) in [7, 11) is 0. The Kier molecular flexibility index (Phi) is 4.70. The highest BCUT2D eigenvalue weighted by atomic mass is 16.4. The van der Waals surface area contributed by atoms with Crippen molar-refractivity contribution < 1.29 is 15.3 Å². The van der Waals surface area contributed by atoms with Crippen LogP contribution in [0.5, 0.6) is 0 Å². The SMILES string of the molecule is CC(C)(C)NCC(O)C(O)CO. The van der Waals surface area contributed by atoms with Crippen LogP contribution in [0, 0.1) is 0 Å². The van der Waals surface area contributed by atoms with Crippen LogP contribution in [0.25, 0.3) is 0 Å². The van der Waals surface area contributed by atoms with Crippen molar-refractivity contribution >= 4 is 0 Å². The summed E-state index contributed by atoms with van der Waals surface area (Å²) in [5, 5.41) is 29.7. The summed E-state index contributed by atoms with van der Waals surface area (Å²) in [5.41, 5.74) is -0.0871. The topological polar surface area (TPSA) is 72.7 Å². The Hall–Kier alpha value is -0.160. The second kappa shape index (κ2) is 4.77. The van der Waals surface area contributed by atoms with Gasteiger partial charge in [0.25, 0.3) is 0 Å². The molecular formula is C8H19NO3. The van der Waals surface area contributed by atoms with Crippen molar-refractivity contribution in [2.24, 2.45) is 0 Å². The van der Waals surface area contributed by atoms with Gasteiger partial charge in [0, 0.05) is 12.1 Å². The van der Waals surface area contributed by atoms with E-state index in [9.17, 15) is 5.11 Å². The van der Waals surface area contributed by atoms with Gasteiger partial charge in [-0.25, -0.2) is 0 Å².